The predicted molar refractivity (Wildman–Crippen MR) is 80.3 cm³/mol. The van der Waals surface area contributed by atoms with E-state index in [0.717, 1.165) is 18.2 Å². The van der Waals surface area contributed by atoms with Crippen molar-refractivity contribution in [2.75, 3.05) is 13.2 Å². The monoisotopic (exact) mass is 360 g/mol. The minimum absolute atomic E-state index is 0.328. The highest BCUT2D eigenvalue weighted by atomic mass is 19.4. The van der Waals surface area contributed by atoms with Gasteiger partial charge in [-0.25, -0.2) is 9.59 Å². The molecule has 0 fully saturated rings. The van der Waals surface area contributed by atoms with Gasteiger partial charge < -0.3 is 14.8 Å². The van der Waals surface area contributed by atoms with Crippen molar-refractivity contribution in [3.05, 3.63) is 35.9 Å². The first kappa shape index (κ1) is 20.0. The number of hydrogen-bond acceptors (Lipinski definition) is 5. The first-order valence-electron chi connectivity index (χ1n) is 6.98. The standard InChI is InChI=1S/C15H15F3N2O5/c1-2-19-14(23)20-12(21)9-24-13(22)8-5-10-3-6-11(7-4-10)25-15(16,17)18/h3-8H,2,9H2,1H3,(H2,19,20,21,23)/b8-5+. The minimum Gasteiger partial charge on any atom is -0.452 e. The number of rotatable bonds is 6. The highest BCUT2D eigenvalue weighted by Crippen LogP contribution is 2.22. The topological polar surface area (TPSA) is 93.7 Å². The van der Waals surface area contributed by atoms with E-state index in [9.17, 15) is 27.6 Å². The zero-order valence-electron chi connectivity index (χ0n) is 13.1. The van der Waals surface area contributed by atoms with Gasteiger partial charge in [0.15, 0.2) is 6.61 Å². The van der Waals surface area contributed by atoms with E-state index in [-0.39, 0.29) is 0 Å². The number of imide groups is 1. The maximum atomic E-state index is 12.0. The Morgan fingerprint density at radius 1 is 1.16 bits per heavy atom. The third-order valence-electron chi connectivity index (χ3n) is 2.46. The molecule has 0 heterocycles. The molecule has 10 heteroatoms. The lowest BCUT2D eigenvalue weighted by atomic mass is 10.2. The van der Waals surface area contributed by atoms with Crippen LogP contribution < -0.4 is 15.4 Å². The fraction of sp³-hybridized carbons (Fsp3) is 0.267. The van der Waals surface area contributed by atoms with E-state index in [1.165, 1.54) is 18.2 Å². The Labute approximate surface area is 140 Å². The SMILES string of the molecule is CCNC(=O)NC(=O)COC(=O)/C=C/c1ccc(OC(F)(F)F)cc1. The number of amides is 3. The van der Waals surface area contributed by atoms with Gasteiger partial charge in [-0.1, -0.05) is 12.1 Å². The maximum absolute atomic E-state index is 12.0. The van der Waals surface area contributed by atoms with Crippen molar-refractivity contribution in [2.45, 2.75) is 13.3 Å². The van der Waals surface area contributed by atoms with Gasteiger partial charge in [-0.3, -0.25) is 10.1 Å². The molecule has 0 aliphatic rings. The lowest BCUT2D eigenvalue weighted by Gasteiger charge is -2.08. The Morgan fingerprint density at radius 2 is 1.80 bits per heavy atom. The first-order chi connectivity index (χ1) is 11.7. The largest absolute Gasteiger partial charge is 0.573 e. The summed E-state index contributed by atoms with van der Waals surface area (Å²) < 4.78 is 44.3. The third-order valence-corrected chi connectivity index (χ3v) is 2.46. The number of carbonyl (C=O) groups excluding carboxylic acids is 3. The summed E-state index contributed by atoms with van der Waals surface area (Å²) in [6.07, 6.45) is -2.52. The molecule has 0 aromatic heterocycles. The van der Waals surface area contributed by atoms with E-state index in [1.54, 1.807) is 6.92 Å². The summed E-state index contributed by atoms with van der Waals surface area (Å²) in [5, 5.41) is 4.26. The van der Waals surface area contributed by atoms with Crippen LogP contribution in [0.25, 0.3) is 6.08 Å². The van der Waals surface area contributed by atoms with Crippen LogP contribution in [0.15, 0.2) is 30.3 Å². The van der Waals surface area contributed by atoms with Crippen LogP contribution in [0.3, 0.4) is 0 Å². The summed E-state index contributed by atoms with van der Waals surface area (Å²) in [7, 11) is 0. The van der Waals surface area contributed by atoms with Gasteiger partial charge in [0, 0.05) is 12.6 Å². The molecule has 0 aliphatic carbocycles. The van der Waals surface area contributed by atoms with E-state index in [0.29, 0.717) is 12.1 Å². The van der Waals surface area contributed by atoms with Crippen molar-refractivity contribution in [3.8, 4) is 5.75 Å². The second-order valence-corrected chi connectivity index (χ2v) is 4.47. The molecule has 0 unspecified atom stereocenters. The molecule has 0 bridgehead atoms. The molecule has 1 rings (SSSR count). The predicted octanol–water partition coefficient (Wildman–Crippen LogP) is 1.99. The van der Waals surface area contributed by atoms with Crippen LogP contribution in [0, 0.1) is 0 Å². The lowest BCUT2D eigenvalue weighted by molar-refractivity contribution is -0.274. The maximum Gasteiger partial charge on any atom is 0.573 e. The molecule has 2 N–H and O–H groups in total. The summed E-state index contributed by atoms with van der Waals surface area (Å²) in [5.41, 5.74) is 0.415. The smallest absolute Gasteiger partial charge is 0.452 e. The number of carbonyl (C=O) groups is 3. The van der Waals surface area contributed by atoms with Gasteiger partial charge in [0.05, 0.1) is 0 Å². The molecule has 0 saturated heterocycles. The van der Waals surface area contributed by atoms with Gasteiger partial charge in [-0.15, -0.1) is 13.2 Å². The Morgan fingerprint density at radius 3 is 2.36 bits per heavy atom. The molecule has 0 saturated carbocycles. The van der Waals surface area contributed by atoms with Gasteiger partial charge in [-0.2, -0.15) is 0 Å². The van der Waals surface area contributed by atoms with E-state index < -0.39 is 36.6 Å². The second-order valence-electron chi connectivity index (χ2n) is 4.47. The molecular formula is C15H15F3N2O5. The highest BCUT2D eigenvalue weighted by molar-refractivity contribution is 5.96. The van der Waals surface area contributed by atoms with E-state index in [2.05, 4.69) is 14.8 Å². The summed E-state index contributed by atoms with van der Waals surface area (Å²) in [5.74, 6) is -2.06. The van der Waals surface area contributed by atoms with E-state index in [1.807, 2.05) is 5.32 Å². The van der Waals surface area contributed by atoms with Gasteiger partial charge in [-0.05, 0) is 30.7 Å². The number of nitrogens with one attached hydrogen (secondary N) is 2. The van der Waals surface area contributed by atoms with Crippen LogP contribution in [0.2, 0.25) is 0 Å². The van der Waals surface area contributed by atoms with Crippen LogP contribution in [0.1, 0.15) is 12.5 Å². The number of urea groups is 1. The van der Waals surface area contributed by atoms with Crippen molar-refractivity contribution < 1.29 is 37.0 Å². The molecule has 3 amide bonds. The zero-order valence-corrected chi connectivity index (χ0v) is 13.1. The Kier molecular flexibility index (Phi) is 7.44. The summed E-state index contributed by atoms with van der Waals surface area (Å²) in [4.78, 5) is 33.7. The van der Waals surface area contributed by atoms with Crippen molar-refractivity contribution >= 4 is 24.0 Å². The van der Waals surface area contributed by atoms with Crippen molar-refractivity contribution in [3.63, 3.8) is 0 Å². The highest BCUT2D eigenvalue weighted by Gasteiger charge is 2.30. The number of esters is 1. The molecule has 25 heavy (non-hydrogen) atoms. The molecular weight excluding hydrogens is 345 g/mol. The number of hydrogen-bond donors (Lipinski definition) is 2. The average Bonchev–Trinajstić information content (AvgIpc) is 2.51. The molecule has 1 aromatic rings. The Balaban J connectivity index is 2.43. The fourth-order valence-corrected chi connectivity index (χ4v) is 1.50. The summed E-state index contributed by atoms with van der Waals surface area (Å²) in [6, 6.07) is 4.05. The molecule has 0 spiro atoms. The van der Waals surface area contributed by atoms with Crippen LogP contribution in [-0.4, -0.2) is 37.4 Å². The summed E-state index contributed by atoms with van der Waals surface area (Å²) >= 11 is 0. The summed E-state index contributed by atoms with van der Waals surface area (Å²) in [6.45, 7) is 1.34. The fourth-order valence-electron chi connectivity index (χ4n) is 1.50. The molecule has 0 radical (unpaired) electrons. The third kappa shape index (κ3) is 8.98. The second kappa shape index (κ2) is 9.30. The number of halogens is 3. The number of benzene rings is 1. The van der Waals surface area contributed by atoms with Crippen LogP contribution in [0.5, 0.6) is 5.75 Å². The zero-order chi connectivity index (χ0) is 18.9. The van der Waals surface area contributed by atoms with Crippen molar-refractivity contribution in [1.29, 1.82) is 0 Å². The van der Waals surface area contributed by atoms with Gasteiger partial charge in [0.2, 0.25) is 0 Å². The van der Waals surface area contributed by atoms with Gasteiger partial charge in [0.1, 0.15) is 5.75 Å². The molecule has 136 valence electrons. The molecule has 0 atom stereocenters. The Bertz CT molecular complexity index is 642. The molecule has 0 aliphatic heterocycles. The van der Waals surface area contributed by atoms with Crippen molar-refractivity contribution in [2.24, 2.45) is 0 Å². The number of alkyl halides is 3. The normalized spacial score (nSPS) is 11.0. The van der Waals surface area contributed by atoms with Gasteiger partial charge >= 0.3 is 18.4 Å². The Hall–Kier alpha value is -3.04. The molecule has 1 aromatic carbocycles. The quantitative estimate of drug-likeness (QED) is 0.598. The van der Waals surface area contributed by atoms with Crippen LogP contribution in [0.4, 0.5) is 18.0 Å². The average molecular weight is 360 g/mol. The first-order valence-corrected chi connectivity index (χ1v) is 6.98. The van der Waals surface area contributed by atoms with E-state index >= 15 is 0 Å². The minimum atomic E-state index is -4.78. The molecule has 7 nitrogen and oxygen atoms in total. The van der Waals surface area contributed by atoms with Crippen LogP contribution >= 0.6 is 0 Å². The van der Waals surface area contributed by atoms with Gasteiger partial charge in [0.25, 0.3) is 5.91 Å². The number of ether oxygens (including phenoxy) is 2. The lowest BCUT2D eigenvalue weighted by Crippen LogP contribution is -2.41. The van der Waals surface area contributed by atoms with Crippen LogP contribution in [-0.2, 0) is 14.3 Å². The van der Waals surface area contributed by atoms with E-state index in [4.69, 9.17) is 0 Å². The van der Waals surface area contributed by atoms with Crippen molar-refractivity contribution in [1.82, 2.24) is 10.6 Å².